The number of nitrogens with two attached hydrogens (primary N) is 1. The number of hydrogen-bond donors (Lipinski definition) is 5. The largest absolute Gasteiger partial charge is 0.469 e. The third-order valence-electron chi connectivity index (χ3n) is 4.32. The number of H-pyrrole nitrogens is 1. The molecule has 13 heteroatoms. The van der Waals surface area contributed by atoms with Crippen LogP contribution in [0.1, 0.15) is 0 Å². The summed E-state index contributed by atoms with van der Waals surface area (Å²) in [7, 11) is -4.70. The van der Waals surface area contributed by atoms with Gasteiger partial charge in [0, 0.05) is 0 Å². The monoisotopic (exact) mass is 371 g/mol. The van der Waals surface area contributed by atoms with E-state index in [1.807, 2.05) is 0 Å². The molecule has 4 atom stereocenters. The van der Waals surface area contributed by atoms with Crippen LogP contribution in [0.25, 0.3) is 11.2 Å². The minimum absolute atomic E-state index is 0.0515. The maximum Gasteiger partial charge on any atom is 0.469 e. The first kappa shape index (κ1) is 16.4. The van der Waals surface area contributed by atoms with Gasteiger partial charge in [0.15, 0.2) is 16.9 Å². The van der Waals surface area contributed by atoms with Gasteiger partial charge in [-0.3, -0.25) is 18.9 Å². The fourth-order valence-electron chi connectivity index (χ4n) is 3.17. The maximum atomic E-state index is 11.9. The fourth-order valence-corrected chi connectivity index (χ4v) is 3.52. The Morgan fingerprint density at radius 2 is 2.28 bits per heavy atom. The Morgan fingerprint density at radius 1 is 1.52 bits per heavy atom. The molecular formula is C12H14N5O7P. The molecule has 2 aromatic rings. The highest BCUT2D eigenvalue weighted by atomic mass is 31.2. The number of aromatic nitrogens is 4. The summed E-state index contributed by atoms with van der Waals surface area (Å²) in [5.74, 6) is -0.631. The number of aromatic amines is 1. The zero-order valence-corrected chi connectivity index (χ0v) is 13.4. The second-order valence-corrected chi connectivity index (χ2v) is 7.05. The van der Waals surface area contributed by atoms with E-state index in [1.165, 1.54) is 10.9 Å². The van der Waals surface area contributed by atoms with Crippen LogP contribution in [0, 0.1) is 5.92 Å². The zero-order chi connectivity index (χ0) is 18.0. The van der Waals surface area contributed by atoms with Crippen molar-refractivity contribution in [3.63, 3.8) is 0 Å². The first-order valence-electron chi connectivity index (χ1n) is 7.20. The summed E-state index contributed by atoms with van der Waals surface area (Å²) >= 11 is 0. The van der Waals surface area contributed by atoms with Crippen molar-refractivity contribution in [2.75, 3.05) is 12.3 Å². The zero-order valence-electron chi connectivity index (χ0n) is 12.5. The highest BCUT2D eigenvalue weighted by Crippen LogP contribution is 2.50. The molecule has 0 amide bonds. The normalized spacial score (nSPS) is 31.2. The Kier molecular flexibility index (Phi) is 3.41. The number of anilines is 1. The minimum atomic E-state index is -4.70. The molecule has 1 aliphatic heterocycles. The van der Waals surface area contributed by atoms with E-state index in [2.05, 4.69) is 19.5 Å². The molecule has 1 saturated heterocycles. The Balaban J connectivity index is 1.72. The number of phosphoric ester groups is 1. The van der Waals surface area contributed by atoms with Gasteiger partial charge >= 0.3 is 7.82 Å². The first-order valence-corrected chi connectivity index (χ1v) is 8.73. The molecule has 0 spiro atoms. The Hall–Kier alpha value is -2.08. The van der Waals surface area contributed by atoms with E-state index in [-0.39, 0.29) is 17.1 Å². The summed E-state index contributed by atoms with van der Waals surface area (Å²) in [5, 5.41) is 10.4. The number of imidazole rings is 1. The summed E-state index contributed by atoms with van der Waals surface area (Å²) in [4.78, 5) is 39.9. The highest BCUT2D eigenvalue weighted by Gasteiger charge is 2.58. The fraction of sp³-hybridized carbons (Fsp3) is 0.417. The molecule has 0 bridgehead atoms. The lowest BCUT2D eigenvalue weighted by molar-refractivity contribution is -0.0974. The van der Waals surface area contributed by atoms with Crippen LogP contribution in [0.4, 0.5) is 5.95 Å². The molecule has 0 radical (unpaired) electrons. The Morgan fingerprint density at radius 3 is 2.92 bits per heavy atom. The van der Waals surface area contributed by atoms with Gasteiger partial charge in [0.2, 0.25) is 5.95 Å². The third kappa shape index (κ3) is 2.42. The Bertz CT molecular complexity index is 980. The smallest absolute Gasteiger partial charge is 0.389 e. The van der Waals surface area contributed by atoms with Crippen LogP contribution in [-0.2, 0) is 19.6 Å². The second-order valence-electron chi connectivity index (χ2n) is 5.81. The van der Waals surface area contributed by atoms with E-state index < -0.39 is 43.8 Å². The van der Waals surface area contributed by atoms with Gasteiger partial charge in [-0.1, -0.05) is 6.08 Å². The predicted molar refractivity (Wildman–Crippen MR) is 82.0 cm³/mol. The molecule has 12 nitrogen and oxygen atoms in total. The standard InChI is InChI=1S/C12H14N5O7P/c13-11-15-9-7(10(19)16-11)14-4-17(9)12-2-1-5(12)8(18)6(24-12)3-23-25(20,21)22/h1-2,4-6,8,18H,3H2,(H2,20,21,22)(H3,13,15,16,19)/t5-,6-,8+,12-/m1/s1. The SMILES string of the molecule is Nc1nc2c(ncn2[C@@]23C=C[C@@H]2[C@H](O)[C@@H](COP(=O)(O)O)O3)c(=O)[nH]1. The lowest BCUT2D eigenvalue weighted by Crippen LogP contribution is -2.44. The molecule has 1 aliphatic carbocycles. The van der Waals surface area contributed by atoms with E-state index in [0.717, 1.165) is 0 Å². The van der Waals surface area contributed by atoms with Gasteiger partial charge in [-0.2, -0.15) is 4.98 Å². The Labute approximate surface area is 139 Å². The van der Waals surface area contributed by atoms with Crippen molar-refractivity contribution in [1.29, 1.82) is 0 Å². The summed E-state index contributed by atoms with van der Waals surface area (Å²) in [6, 6.07) is 0. The number of aliphatic hydroxyl groups excluding tert-OH is 1. The molecule has 0 saturated carbocycles. The van der Waals surface area contributed by atoms with Crippen LogP contribution < -0.4 is 11.3 Å². The van der Waals surface area contributed by atoms with Crippen molar-refractivity contribution in [3.8, 4) is 0 Å². The lowest BCUT2D eigenvalue weighted by atomic mass is 9.81. The van der Waals surface area contributed by atoms with Crippen molar-refractivity contribution in [1.82, 2.24) is 19.5 Å². The van der Waals surface area contributed by atoms with Crippen LogP contribution in [0.3, 0.4) is 0 Å². The molecular weight excluding hydrogens is 357 g/mol. The number of aliphatic hydroxyl groups is 1. The van der Waals surface area contributed by atoms with E-state index in [9.17, 15) is 14.5 Å². The number of rotatable bonds is 4. The van der Waals surface area contributed by atoms with Crippen LogP contribution in [0.5, 0.6) is 0 Å². The highest BCUT2D eigenvalue weighted by molar-refractivity contribution is 7.46. The van der Waals surface area contributed by atoms with Crippen LogP contribution >= 0.6 is 7.82 Å². The molecule has 2 aliphatic rings. The second kappa shape index (κ2) is 5.21. The molecule has 4 rings (SSSR count). The third-order valence-corrected chi connectivity index (χ3v) is 4.80. The molecule has 0 unspecified atom stereocenters. The quantitative estimate of drug-likeness (QED) is 0.310. The summed E-state index contributed by atoms with van der Waals surface area (Å²) < 4.78 is 22.6. The number of nitrogens with one attached hydrogen (secondary N) is 1. The van der Waals surface area contributed by atoms with Crippen molar-refractivity contribution in [3.05, 3.63) is 28.8 Å². The first-order chi connectivity index (χ1) is 11.7. The van der Waals surface area contributed by atoms with Crippen molar-refractivity contribution < 1.29 is 28.7 Å². The van der Waals surface area contributed by atoms with E-state index in [0.29, 0.717) is 0 Å². The van der Waals surface area contributed by atoms with Gasteiger partial charge < -0.3 is 25.4 Å². The lowest BCUT2D eigenvalue weighted by Gasteiger charge is -2.38. The molecule has 1 fully saturated rings. The number of nitrogen functional groups attached to an aromatic ring is 1. The predicted octanol–water partition coefficient (Wildman–Crippen LogP) is -1.59. The summed E-state index contributed by atoms with van der Waals surface area (Å²) in [6.07, 6.45) is 2.59. The number of fused-ring (bicyclic) bond motifs is 2. The van der Waals surface area contributed by atoms with E-state index >= 15 is 0 Å². The van der Waals surface area contributed by atoms with Crippen LogP contribution in [-0.4, -0.2) is 53.2 Å². The molecule has 25 heavy (non-hydrogen) atoms. The average Bonchev–Trinajstić information content (AvgIpc) is 2.96. The van der Waals surface area contributed by atoms with Crippen LogP contribution in [0.2, 0.25) is 0 Å². The summed E-state index contributed by atoms with van der Waals surface area (Å²) in [6.45, 7) is -0.506. The molecule has 134 valence electrons. The van der Waals surface area contributed by atoms with Gasteiger partial charge in [0.25, 0.3) is 5.56 Å². The van der Waals surface area contributed by atoms with Crippen molar-refractivity contribution in [2.24, 2.45) is 5.92 Å². The van der Waals surface area contributed by atoms with Gasteiger partial charge in [0.1, 0.15) is 6.10 Å². The van der Waals surface area contributed by atoms with Gasteiger partial charge in [0.05, 0.1) is 25.0 Å². The molecule has 0 aromatic carbocycles. The summed E-state index contributed by atoms with van der Waals surface area (Å²) in [5.41, 5.74) is 4.09. The van der Waals surface area contributed by atoms with Gasteiger partial charge in [-0.15, -0.1) is 0 Å². The van der Waals surface area contributed by atoms with Crippen LogP contribution in [0.15, 0.2) is 23.3 Å². The molecule has 3 heterocycles. The number of phosphoric acid groups is 1. The minimum Gasteiger partial charge on any atom is -0.389 e. The topological polar surface area (TPSA) is 186 Å². The number of ether oxygens (including phenoxy) is 1. The van der Waals surface area contributed by atoms with E-state index in [1.54, 1.807) is 12.2 Å². The molecule has 6 N–H and O–H groups in total. The number of hydrogen-bond acceptors (Lipinski definition) is 8. The number of nitrogens with zero attached hydrogens (tertiary/aromatic N) is 3. The average molecular weight is 371 g/mol. The van der Waals surface area contributed by atoms with Gasteiger partial charge in [-0.05, 0) is 6.08 Å². The van der Waals surface area contributed by atoms with Gasteiger partial charge in [-0.25, -0.2) is 9.55 Å². The van der Waals surface area contributed by atoms with Crippen molar-refractivity contribution in [2.45, 2.75) is 17.9 Å². The van der Waals surface area contributed by atoms with E-state index in [4.69, 9.17) is 20.3 Å². The molecule has 2 aromatic heterocycles. The maximum absolute atomic E-state index is 11.9. The van der Waals surface area contributed by atoms with Crippen molar-refractivity contribution >= 4 is 24.9 Å².